The Labute approximate surface area is 126 Å². The van der Waals surface area contributed by atoms with Crippen LogP contribution < -0.4 is 5.32 Å². The average Bonchev–Trinajstić information content (AvgIpc) is 3.19. The molecule has 1 aliphatic rings. The average molecular weight is 284 g/mol. The van der Waals surface area contributed by atoms with E-state index in [4.69, 9.17) is 4.98 Å². The number of hydrogen-bond donors (Lipinski definition) is 1. The summed E-state index contributed by atoms with van der Waals surface area (Å²) in [6.07, 6.45) is 7.40. The Balaban J connectivity index is 1.93. The van der Waals surface area contributed by atoms with Crippen molar-refractivity contribution in [1.82, 2.24) is 19.9 Å². The van der Waals surface area contributed by atoms with E-state index in [1.54, 1.807) is 0 Å². The maximum atomic E-state index is 4.82. The van der Waals surface area contributed by atoms with Crippen molar-refractivity contribution in [2.24, 2.45) is 0 Å². The Morgan fingerprint density at radius 3 is 2.81 bits per heavy atom. The Bertz CT molecular complexity index is 611. The lowest BCUT2D eigenvalue weighted by Gasteiger charge is -2.13. The second kappa shape index (κ2) is 5.98. The van der Waals surface area contributed by atoms with E-state index in [-0.39, 0.29) is 0 Å². The van der Waals surface area contributed by atoms with Crippen LogP contribution in [0.15, 0.2) is 24.5 Å². The van der Waals surface area contributed by atoms with E-state index >= 15 is 0 Å². The first-order valence-electron chi connectivity index (χ1n) is 7.94. The quantitative estimate of drug-likeness (QED) is 0.885. The first-order valence-corrected chi connectivity index (χ1v) is 7.94. The fourth-order valence-corrected chi connectivity index (χ4v) is 2.47. The summed E-state index contributed by atoms with van der Waals surface area (Å²) in [5, 5.41) is 3.59. The van der Waals surface area contributed by atoms with Gasteiger partial charge in [-0.15, -0.1) is 0 Å². The van der Waals surface area contributed by atoms with Crippen LogP contribution in [-0.2, 0) is 13.0 Å². The number of rotatable bonds is 6. The van der Waals surface area contributed by atoms with Crippen LogP contribution in [-0.4, -0.2) is 20.6 Å². The second-order valence-corrected chi connectivity index (χ2v) is 6.14. The zero-order chi connectivity index (χ0) is 14.8. The summed E-state index contributed by atoms with van der Waals surface area (Å²) >= 11 is 0. The van der Waals surface area contributed by atoms with Crippen molar-refractivity contribution in [2.75, 3.05) is 0 Å². The van der Waals surface area contributed by atoms with Gasteiger partial charge in [-0.2, -0.15) is 0 Å². The van der Waals surface area contributed by atoms with Crippen LogP contribution in [0.25, 0.3) is 5.82 Å². The monoisotopic (exact) mass is 284 g/mol. The minimum Gasteiger partial charge on any atom is -0.310 e. The van der Waals surface area contributed by atoms with Crippen molar-refractivity contribution in [3.63, 3.8) is 0 Å². The first-order chi connectivity index (χ1) is 10.2. The van der Waals surface area contributed by atoms with Gasteiger partial charge in [-0.25, -0.2) is 9.97 Å². The van der Waals surface area contributed by atoms with Crippen LogP contribution in [0, 0.1) is 0 Å². The number of aromatic nitrogens is 3. The highest BCUT2D eigenvalue weighted by Crippen LogP contribution is 2.21. The summed E-state index contributed by atoms with van der Waals surface area (Å²) in [5.41, 5.74) is 2.46. The van der Waals surface area contributed by atoms with E-state index in [9.17, 15) is 0 Å². The molecule has 0 aliphatic heterocycles. The summed E-state index contributed by atoms with van der Waals surface area (Å²) < 4.78 is 2.10. The van der Waals surface area contributed by atoms with Crippen molar-refractivity contribution in [1.29, 1.82) is 0 Å². The zero-order valence-electron chi connectivity index (χ0n) is 13.1. The van der Waals surface area contributed by atoms with Crippen molar-refractivity contribution in [3.05, 3.63) is 41.6 Å². The molecule has 112 valence electrons. The highest BCUT2D eigenvalue weighted by Gasteiger charge is 2.20. The highest BCUT2D eigenvalue weighted by molar-refractivity contribution is 5.33. The molecule has 2 aromatic rings. The molecule has 0 atom stereocenters. The van der Waals surface area contributed by atoms with Gasteiger partial charge in [0.05, 0.1) is 0 Å². The molecular weight excluding hydrogens is 260 g/mol. The number of imidazole rings is 1. The maximum absolute atomic E-state index is 4.82. The van der Waals surface area contributed by atoms with Crippen LogP contribution in [0.1, 0.15) is 56.6 Å². The van der Waals surface area contributed by atoms with Crippen LogP contribution in [0.5, 0.6) is 0 Å². The number of hydrogen-bond acceptors (Lipinski definition) is 3. The molecule has 21 heavy (non-hydrogen) atoms. The normalized spacial score (nSPS) is 14.9. The molecule has 2 heterocycles. The van der Waals surface area contributed by atoms with E-state index in [2.05, 4.69) is 47.8 Å². The molecule has 1 aliphatic carbocycles. The largest absolute Gasteiger partial charge is 0.310 e. The fraction of sp³-hybridized carbons (Fsp3) is 0.529. The molecular formula is C17H24N4. The van der Waals surface area contributed by atoms with Crippen LogP contribution >= 0.6 is 0 Å². The fourth-order valence-electron chi connectivity index (χ4n) is 2.47. The molecule has 0 amide bonds. The number of pyridine rings is 1. The van der Waals surface area contributed by atoms with Gasteiger partial charge in [0, 0.05) is 37.1 Å². The summed E-state index contributed by atoms with van der Waals surface area (Å²) in [5.74, 6) is 2.48. The third-order valence-corrected chi connectivity index (χ3v) is 3.94. The topological polar surface area (TPSA) is 42.7 Å². The van der Waals surface area contributed by atoms with Crippen molar-refractivity contribution >= 4 is 0 Å². The van der Waals surface area contributed by atoms with Gasteiger partial charge in [0.1, 0.15) is 11.6 Å². The van der Waals surface area contributed by atoms with E-state index in [0.717, 1.165) is 36.3 Å². The van der Waals surface area contributed by atoms with Gasteiger partial charge in [-0.3, -0.25) is 4.57 Å². The second-order valence-electron chi connectivity index (χ2n) is 6.14. The predicted molar refractivity (Wildman–Crippen MR) is 84.7 cm³/mol. The standard InChI is InChI=1S/C17H24N4/c1-4-16-18-7-8-21(16)17-10-13(11-19-14-5-6-14)9-15(20-17)12(2)3/h7-10,12,14,19H,4-6,11H2,1-3H3. The van der Waals surface area contributed by atoms with Gasteiger partial charge in [-0.05, 0) is 36.5 Å². The Kier molecular flexibility index (Phi) is 4.06. The molecule has 1 N–H and O–H groups in total. The molecule has 0 unspecified atom stereocenters. The lowest BCUT2D eigenvalue weighted by atomic mass is 10.1. The lowest BCUT2D eigenvalue weighted by molar-refractivity contribution is 0.682. The third kappa shape index (κ3) is 3.32. The highest BCUT2D eigenvalue weighted by atomic mass is 15.1. The number of nitrogens with one attached hydrogen (secondary N) is 1. The minimum atomic E-state index is 0.429. The molecule has 0 aromatic carbocycles. The van der Waals surface area contributed by atoms with Crippen molar-refractivity contribution in [3.8, 4) is 5.82 Å². The number of aryl methyl sites for hydroxylation is 1. The minimum absolute atomic E-state index is 0.429. The number of nitrogens with zero attached hydrogens (tertiary/aromatic N) is 3. The summed E-state index contributed by atoms with van der Waals surface area (Å²) in [6.45, 7) is 7.44. The van der Waals surface area contributed by atoms with Gasteiger partial charge in [-0.1, -0.05) is 20.8 Å². The zero-order valence-corrected chi connectivity index (χ0v) is 13.1. The lowest BCUT2D eigenvalue weighted by Crippen LogP contribution is -2.16. The molecule has 3 rings (SSSR count). The van der Waals surface area contributed by atoms with E-state index in [0.29, 0.717) is 5.92 Å². The Hall–Kier alpha value is -1.68. The van der Waals surface area contributed by atoms with Crippen LogP contribution in [0.3, 0.4) is 0 Å². The third-order valence-electron chi connectivity index (χ3n) is 3.94. The van der Waals surface area contributed by atoms with Crippen LogP contribution in [0.2, 0.25) is 0 Å². The Morgan fingerprint density at radius 2 is 2.14 bits per heavy atom. The van der Waals surface area contributed by atoms with Gasteiger partial charge >= 0.3 is 0 Å². The molecule has 0 spiro atoms. The first kappa shape index (κ1) is 14.3. The van der Waals surface area contributed by atoms with Crippen molar-refractivity contribution < 1.29 is 0 Å². The van der Waals surface area contributed by atoms with E-state index < -0.39 is 0 Å². The van der Waals surface area contributed by atoms with E-state index in [1.165, 1.54) is 18.4 Å². The molecule has 1 saturated carbocycles. The molecule has 4 nitrogen and oxygen atoms in total. The maximum Gasteiger partial charge on any atom is 0.138 e. The van der Waals surface area contributed by atoms with Gasteiger partial charge in [0.2, 0.25) is 0 Å². The molecule has 0 saturated heterocycles. The molecule has 1 fully saturated rings. The molecule has 2 aromatic heterocycles. The van der Waals surface area contributed by atoms with Crippen molar-refractivity contribution in [2.45, 2.75) is 58.5 Å². The summed E-state index contributed by atoms with van der Waals surface area (Å²) in [4.78, 5) is 9.23. The Morgan fingerprint density at radius 1 is 1.33 bits per heavy atom. The predicted octanol–water partition coefficient (Wildman–Crippen LogP) is 3.21. The van der Waals surface area contributed by atoms with Crippen LogP contribution in [0.4, 0.5) is 0 Å². The molecule has 0 bridgehead atoms. The summed E-state index contributed by atoms with van der Waals surface area (Å²) in [7, 11) is 0. The molecule has 4 heteroatoms. The van der Waals surface area contributed by atoms with Gasteiger partial charge < -0.3 is 5.32 Å². The van der Waals surface area contributed by atoms with E-state index in [1.807, 2.05) is 12.4 Å². The summed E-state index contributed by atoms with van der Waals surface area (Å²) in [6, 6.07) is 5.14. The van der Waals surface area contributed by atoms with Gasteiger partial charge in [0.25, 0.3) is 0 Å². The van der Waals surface area contributed by atoms with Gasteiger partial charge in [0.15, 0.2) is 0 Å². The molecule has 0 radical (unpaired) electrons. The smallest absolute Gasteiger partial charge is 0.138 e. The SMILES string of the molecule is CCc1nccn1-c1cc(CNC2CC2)cc(C(C)C)n1.